The molecule has 2 unspecified atom stereocenters. The number of benzene rings is 1. The average Bonchev–Trinajstić information content (AvgIpc) is 3.00. The Hall–Kier alpha value is -2.10. The highest BCUT2D eigenvalue weighted by molar-refractivity contribution is 5.83. The Labute approximate surface area is 119 Å². The molecule has 0 aliphatic rings. The lowest BCUT2D eigenvalue weighted by atomic mass is 9.95. The number of nitrogens with zero attached hydrogens (tertiary/aromatic N) is 1. The van der Waals surface area contributed by atoms with Crippen molar-refractivity contribution in [1.82, 2.24) is 15.3 Å². The van der Waals surface area contributed by atoms with Gasteiger partial charge in [-0.3, -0.25) is 4.79 Å². The van der Waals surface area contributed by atoms with Crippen molar-refractivity contribution in [3.63, 3.8) is 0 Å². The third-order valence-corrected chi connectivity index (χ3v) is 3.50. The molecular weight excluding hydrogens is 250 g/mol. The first kappa shape index (κ1) is 14.3. The number of aromatic amines is 1. The van der Waals surface area contributed by atoms with E-state index >= 15 is 0 Å². The molecule has 0 bridgehead atoms. The molecular formula is C16H21N3O. The first-order valence-corrected chi connectivity index (χ1v) is 7.10. The van der Waals surface area contributed by atoms with E-state index in [-0.39, 0.29) is 17.9 Å². The van der Waals surface area contributed by atoms with E-state index in [4.69, 9.17) is 0 Å². The molecule has 106 valence electrons. The molecule has 2 rings (SSSR count). The Morgan fingerprint density at radius 3 is 2.55 bits per heavy atom. The fourth-order valence-corrected chi connectivity index (χ4v) is 2.36. The summed E-state index contributed by atoms with van der Waals surface area (Å²) in [6, 6.07) is 9.84. The molecule has 0 spiro atoms. The highest BCUT2D eigenvalue weighted by Crippen LogP contribution is 2.21. The number of nitrogens with one attached hydrogen (secondary N) is 2. The minimum Gasteiger partial charge on any atom is -0.347 e. The standard InChI is InChI=1S/C16H21N3O/c1-3-13(12-8-6-5-7-9-12)16(20)19-14(4-2)15-17-10-11-18-15/h5-11,13-14H,3-4H2,1-2H3,(H,17,18)(H,19,20). The molecule has 0 radical (unpaired) electrons. The number of H-pyrrole nitrogens is 1. The smallest absolute Gasteiger partial charge is 0.228 e. The Morgan fingerprint density at radius 2 is 2.00 bits per heavy atom. The summed E-state index contributed by atoms with van der Waals surface area (Å²) in [6.07, 6.45) is 5.08. The van der Waals surface area contributed by atoms with Crippen LogP contribution < -0.4 is 5.32 Å². The lowest BCUT2D eigenvalue weighted by Gasteiger charge is -2.20. The molecule has 1 aromatic heterocycles. The van der Waals surface area contributed by atoms with Crippen molar-refractivity contribution in [2.24, 2.45) is 0 Å². The van der Waals surface area contributed by atoms with E-state index in [2.05, 4.69) is 15.3 Å². The van der Waals surface area contributed by atoms with Crippen LogP contribution in [0.4, 0.5) is 0 Å². The van der Waals surface area contributed by atoms with Gasteiger partial charge in [0.05, 0.1) is 12.0 Å². The van der Waals surface area contributed by atoms with Gasteiger partial charge in [-0.1, -0.05) is 44.2 Å². The summed E-state index contributed by atoms with van der Waals surface area (Å²) in [5.41, 5.74) is 1.06. The van der Waals surface area contributed by atoms with Gasteiger partial charge in [0.25, 0.3) is 0 Å². The Kier molecular flexibility index (Phi) is 4.93. The number of carbonyl (C=O) groups excluding carboxylic acids is 1. The zero-order valence-electron chi connectivity index (χ0n) is 12.0. The second-order valence-corrected chi connectivity index (χ2v) is 4.82. The molecule has 4 heteroatoms. The van der Waals surface area contributed by atoms with Gasteiger partial charge in [-0.15, -0.1) is 0 Å². The maximum absolute atomic E-state index is 12.5. The van der Waals surface area contributed by atoms with Crippen molar-refractivity contribution < 1.29 is 4.79 Å². The van der Waals surface area contributed by atoms with Crippen LogP contribution in [0.1, 0.15) is 50.0 Å². The predicted octanol–water partition coefficient (Wildman–Crippen LogP) is 3.17. The van der Waals surface area contributed by atoms with Crippen molar-refractivity contribution in [3.05, 3.63) is 54.1 Å². The minimum atomic E-state index is -0.111. The highest BCUT2D eigenvalue weighted by Gasteiger charge is 2.22. The molecule has 0 fully saturated rings. The second-order valence-electron chi connectivity index (χ2n) is 4.82. The van der Waals surface area contributed by atoms with Gasteiger partial charge in [0.1, 0.15) is 5.82 Å². The fraction of sp³-hybridized carbons (Fsp3) is 0.375. The summed E-state index contributed by atoms with van der Waals surface area (Å²) in [5.74, 6) is 0.755. The number of hydrogen-bond acceptors (Lipinski definition) is 2. The van der Waals surface area contributed by atoms with E-state index < -0.39 is 0 Å². The molecule has 0 saturated carbocycles. The minimum absolute atomic E-state index is 0.0574. The van der Waals surface area contributed by atoms with Crippen molar-refractivity contribution in [1.29, 1.82) is 0 Å². The molecule has 2 atom stereocenters. The third-order valence-electron chi connectivity index (χ3n) is 3.50. The monoisotopic (exact) mass is 271 g/mol. The number of imidazole rings is 1. The van der Waals surface area contributed by atoms with Crippen molar-refractivity contribution >= 4 is 5.91 Å². The SMILES string of the molecule is CCC(NC(=O)C(CC)c1ccccc1)c1ncc[nH]1. The molecule has 0 aliphatic carbocycles. The van der Waals surface area contributed by atoms with Crippen LogP contribution >= 0.6 is 0 Å². The topological polar surface area (TPSA) is 57.8 Å². The Balaban J connectivity index is 2.09. The molecule has 4 nitrogen and oxygen atoms in total. The maximum Gasteiger partial charge on any atom is 0.228 e. The summed E-state index contributed by atoms with van der Waals surface area (Å²) in [7, 11) is 0. The molecule has 1 aromatic carbocycles. The first-order chi connectivity index (χ1) is 9.76. The molecule has 1 heterocycles. The van der Waals surface area contributed by atoms with Crippen LogP contribution in [-0.2, 0) is 4.79 Å². The zero-order chi connectivity index (χ0) is 14.4. The Morgan fingerprint density at radius 1 is 1.25 bits per heavy atom. The molecule has 20 heavy (non-hydrogen) atoms. The van der Waals surface area contributed by atoms with Crippen LogP contribution in [-0.4, -0.2) is 15.9 Å². The van der Waals surface area contributed by atoms with E-state index in [0.717, 1.165) is 24.2 Å². The molecule has 2 N–H and O–H groups in total. The number of carbonyl (C=O) groups is 1. The second kappa shape index (κ2) is 6.89. The summed E-state index contributed by atoms with van der Waals surface area (Å²) in [6.45, 7) is 4.07. The summed E-state index contributed by atoms with van der Waals surface area (Å²) in [4.78, 5) is 19.8. The lowest BCUT2D eigenvalue weighted by Crippen LogP contribution is -2.33. The van der Waals surface area contributed by atoms with Gasteiger partial charge >= 0.3 is 0 Å². The van der Waals surface area contributed by atoms with Crippen LogP contribution in [0.25, 0.3) is 0 Å². The first-order valence-electron chi connectivity index (χ1n) is 7.10. The largest absolute Gasteiger partial charge is 0.347 e. The zero-order valence-corrected chi connectivity index (χ0v) is 12.0. The quantitative estimate of drug-likeness (QED) is 0.847. The van der Waals surface area contributed by atoms with Crippen LogP contribution in [0, 0.1) is 0 Å². The highest BCUT2D eigenvalue weighted by atomic mass is 16.1. The van der Waals surface area contributed by atoms with Gasteiger partial charge in [-0.2, -0.15) is 0 Å². The molecule has 2 aromatic rings. The van der Waals surface area contributed by atoms with Crippen molar-refractivity contribution in [2.75, 3.05) is 0 Å². The van der Waals surface area contributed by atoms with Gasteiger partial charge in [-0.25, -0.2) is 4.98 Å². The molecule has 0 saturated heterocycles. The molecule has 0 aliphatic heterocycles. The maximum atomic E-state index is 12.5. The Bertz CT molecular complexity index is 522. The van der Waals surface area contributed by atoms with Crippen LogP contribution in [0.2, 0.25) is 0 Å². The number of rotatable bonds is 6. The third kappa shape index (κ3) is 3.26. The van der Waals surface area contributed by atoms with E-state index in [1.807, 2.05) is 44.2 Å². The van der Waals surface area contributed by atoms with Gasteiger partial charge in [0.15, 0.2) is 0 Å². The van der Waals surface area contributed by atoms with Crippen molar-refractivity contribution in [3.8, 4) is 0 Å². The predicted molar refractivity (Wildman–Crippen MR) is 79.2 cm³/mol. The number of hydrogen-bond donors (Lipinski definition) is 2. The summed E-state index contributed by atoms with van der Waals surface area (Å²) in [5, 5.41) is 3.09. The normalized spacial score (nSPS) is 13.7. The number of aromatic nitrogens is 2. The van der Waals surface area contributed by atoms with Gasteiger partial charge < -0.3 is 10.3 Å². The van der Waals surface area contributed by atoms with E-state index in [1.165, 1.54) is 0 Å². The van der Waals surface area contributed by atoms with Gasteiger partial charge in [0, 0.05) is 12.4 Å². The van der Waals surface area contributed by atoms with Crippen LogP contribution in [0.15, 0.2) is 42.7 Å². The van der Waals surface area contributed by atoms with Crippen LogP contribution in [0.3, 0.4) is 0 Å². The lowest BCUT2D eigenvalue weighted by molar-refractivity contribution is -0.123. The van der Waals surface area contributed by atoms with Crippen LogP contribution in [0.5, 0.6) is 0 Å². The fourth-order valence-electron chi connectivity index (χ4n) is 2.36. The summed E-state index contributed by atoms with van der Waals surface area (Å²) >= 11 is 0. The van der Waals surface area contributed by atoms with E-state index in [9.17, 15) is 4.79 Å². The number of amides is 1. The van der Waals surface area contributed by atoms with Gasteiger partial charge in [-0.05, 0) is 18.4 Å². The van der Waals surface area contributed by atoms with Crippen molar-refractivity contribution in [2.45, 2.75) is 38.6 Å². The van der Waals surface area contributed by atoms with E-state index in [0.29, 0.717) is 0 Å². The van der Waals surface area contributed by atoms with Gasteiger partial charge in [0.2, 0.25) is 5.91 Å². The molecule has 1 amide bonds. The summed E-state index contributed by atoms with van der Waals surface area (Å²) < 4.78 is 0. The average molecular weight is 271 g/mol. The van der Waals surface area contributed by atoms with E-state index in [1.54, 1.807) is 12.4 Å².